The summed E-state index contributed by atoms with van der Waals surface area (Å²) in [6.07, 6.45) is 0.272. The van der Waals surface area contributed by atoms with Crippen molar-refractivity contribution in [3.8, 4) is 0 Å². The topological polar surface area (TPSA) is 94.0 Å². The van der Waals surface area contributed by atoms with Crippen molar-refractivity contribution >= 4 is 46.6 Å². The molecule has 1 heterocycles. The number of aromatic nitrogens is 2. The zero-order valence-corrected chi connectivity index (χ0v) is 13.1. The Kier molecular flexibility index (Phi) is 5.86. The van der Waals surface area contributed by atoms with Crippen molar-refractivity contribution in [2.75, 3.05) is 11.1 Å². The van der Waals surface area contributed by atoms with Gasteiger partial charge in [0.05, 0.1) is 17.3 Å². The van der Waals surface area contributed by atoms with E-state index < -0.39 is 0 Å². The molecule has 2 rings (SSSR count). The van der Waals surface area contributed by atoms with Crippen LogP contribution in [0.4, 0.5) is 5.69 Å². The lowest BCUT2D eigenvalue weighted by Crippen LogP contribution is -2.12. The number of nitrogens with zero attached hydrogens (tertiary/aromatic N) is 2. The van der Waals surface area contributed by atoms with E-state index >= 15 is 0 Å². The predicted molar refractivity (Wildman–Crippen MR) is 82.6 cm³/mol. The molecule has 0 fully saturated rings. The fourth-order valence-corrected chi connectivity index (χ4v) is 2.47. The zero-order valence-electron chi connectivity index (χ0n) is 10.8. The van der Waals surface area contributed by atoms with Crippen LogP contribution in [0, 0.1) is 0 Å². The van der Waals surface area contributed by atoms with Crippen LogP contribution >= 0.6 is 35.0 Å². The minimum atomic E-state index is -0.176. The van der Waals surface area contributed by atoms with Gasteiger partial charge in [0.25, 0.3) is 5.22 Å². The van der Waals surface area contributed by atoms with Gasteiger partial charge in [-0.1, -0.05) is 35.0 Å². The molecule has 0 saturated carbocycles. The molecule has 112 valence electrons. The number of carbonyl (C=O) groups excluding carboxylic acids is 1. The van der Waals surface area contributed by atoms with E-state index in [2.05, 4.69) is 15.5 Å². The molecule has 1 aromatic heterocycles. The van der Waals surface area contributed by atoms with E-state index in [-0.39, 0.29) is 18.9 Å². The highest BCUT2D eigenvalue weighted by atomic mass is 35.5. The first-order chi connectivity index (χ1) is 10.1. The van der Waals surface area contributed by atoms with Crippen LogP contribution in [-0.2, 0) is 11.3 Å². The Morgan fingerprint density at radius 3 is 2.90 bits per heavy atom. The van der Waals surface area contributed by atoms with Crippen LogP contribution in [0.1, 0.15) is 12.3 Å². The smallest absolute Gasteiger partial charge is 0.276 e. The molecule has 0 aliphatic carbocycles. The summed E-state index contributed by atoms with van der Waals surface area (Å²) in [5.74, 6) is 0.689. The molecule has 0 unspecified atom stereocenters. The van der Waals surface area contributed by atoms with Crippen molar-refractivity contribution in [3.05, 3.63) is 34.1 Å². The fourth-order valence-electron chi connectivity index (χ4n) is 1.42. The number of rotatable bonds is 6. The van der Waals surface area contributed by atoms with E-state index in [4.69, 9.17) is 33.4 Å². The van der Waals surface area contributed by atoms with Gasteiger partial charge in [-0.3, -0.25) is 4.79 Å². The lowest BCUT2D eigenvalue weighted by atomic mass is 10.3. The van der Waals surface area contributed by atoms with Gasteiger partial charge in [-0.2, -0.15) is 0 Å². The number of anilines is 1. The van der Waals surface area contributed by atoms with Gasteiger partial charge in [0, 0.05) is 17.2 Å². The third kappa shape index (κ3) is 4.89. The van der Waals surface area contributed by atoms with Crippen LogP contribution in [-0.4, -0.2) is 21.9 Å². The molecule has 0 bridgehead atoms. The fraction of sp³-hybridized carbons (Fsp3) is 0.250. The lowest BCUT2D eigenvalue weighted by Gasteiger charge is -2.07. The van der Waals surface area contributed by atoms with E-state index in [0.29, 0.717) is 32.6 Å². The Morgan fingerprint density at radius 2 is 2.19 bits per heavy atom. The molecule has 1 aromatic carbocycles. The van der Waals surface area contributed by atoms with Crippen LogP contribution < -0.4 is 11.1 Å². The molecule has 0 spiro atoms. The molecule has 0 aliphatic heterocycles. The summed E-state index contributed by atoms with van der Waals surface area (Å²) in [7, 11) is 0. The summed E-state index contributed by atoms with van der Waals surface area (Å²) in [5.41, 5.74) is 5.85. The Morgan fingerprint density at radius 1 is 1.38 bits per heavy atom. The molecular weight excluding hydrogens is 335 g/mol. The molecule has 3 N–H and O–H groups in total. The van der Waals surface area contributed by atoms with Crippen LogP contribution in [0.15, 0.2) is 27.8 Å². The number of carbonyl (C=O) groups is 1. The number of nitrogens with two attached hydrogens (primary N) is 1. The minimum Gasteiger partial charge on any atom is -0.415 e. The number of nitrogens with one attached hydrogen (secondary N) is 1. The first-order valence-corrected chi connectivity index (χ1v) is 7.73. The van der Waals surface area contributed by atoms with Crippen LogP contribution in [0.5, 0.6) is 0 Å². The highest BCUT2D eigenvalue weighted by Crippen LogP contribution is 2.25. The average Bonchev–Trinajstić information content (AvgIpc) is 2.91. The summed E-state index contributed by atoms with van der Waals surface area (Å²) in [6.45, 7) is 0.196. The second-order valence-corrected chi connectivity index (χ2v) is 5.83. The third-order valence-electron chi connectivity index (χ3n) is 2.38. The van der Waals surface area contributed by atoms with Crippen molar-refractivity contribution in [3.63, 3.8) is 0 Å². The number of thioether (sulfide) groups is 1. The Labute approximate surface area is 135 Å². The molecule has 0 atom stereocenters. The lowest BCUT2D eigenvalue weighted by molar-refractivity contribution is -0.115. The van der Waals surface area contributed by atoms with Crippen molar-refractivity contribution in [2.24, 2.45) is 5.73 Å². The second kappa shape index (κ2) is 7.65. The zero-order chi connectivity index (χ0) is 15.2. The molecule has 0 aliphatic rings. The van der Waals surface area contributed by atoms with E-state index in [1.165, 1.54) is 11.8 Å². The first kappa shape index (κ1) is 16.1. The summed E-state index contributed by atoms with van der Waals surface area (Å²) in [6, 6.07) is 4.88. The summed E-state index contributed by atoms with van der Waals surface area (Å²) >= 11 is 13.1. The molecule has 6 nitrogen and oxygen atoms in total. The molecule has 0 saturated heterocycles. The van der Waals surface area contributed by atoms with E-state index in [9.17, 15) is 4.79 Å². The highest BCUT2D eigenvalue weighted by Gasteiger charge is 2.09. The quantitative estimate of drug-likeness (QED) is 0.781. The minimum absolute atomic E-state index is 0.176. The van der Waals surface area contributed by atoms with Crippen LogP contribution in [0.2, 0.25) is 10.0 Å². The number of halogens is 2. The van der Waals surface area contributed by atoms with Gasteiger partial charge in [0.1, 0.15) is 0 Å². The largest absolute Gasteiger partial charge is 0.415 e. The number of hydrogen-bond acceptors (Lipinski definition) is 6. The number of hydrogen-bond donors (Lipinski definition) is 2. The maximum atomic E-state index is 11.8. The van der Waals surface area contributed by atoms with Gasteiger partial charge >= 0.3 is 0 Å². The molecule has 1 amide bonds. The Hall–Kier alpha value is -1.28. The van der Waals surface area contributed by atoms with E-state index in [1.54, 1.807) is 18.2 Å². The molecule has 2 aromatic rings. The van der Waals surface area contributed by atoms with Gasteiger partial charge < -0.3 is 15.5 Å². The normalized spacial score (nSPS) is 10.6. The van der Waals surface area contributed by atoms with E-state index in [0.717, 1.165) is 0 Å². The maximum absolute atomic E-state index is 11.8. The summed E-state index contributed by atoms with van der Waals surface area (Å²) in [4.78, 5) is 11.8. The third-order valence-corrected chi connectivity index (χ3v) is 3.76. The molecular formula is C12H12Cl2N4O2S. The van der Waals surface area contributed by atoms with Crippen molar-refractivity contribution in [2.45, 2.75) is 18.2 Å². The van der Waals surface area contributed by atoms with Crippen molar-refractivity contribution in [1.82, 2.24) is 10.2 Å². The van der Waals surface area contributed by atoms with Crippen molar-refractivity contribution in [1.29, 1.82) is 0 Å². The summed E-state index contributed by atoms with van der Waals surface area (Å²) in [5, 5.41) is 11.5. The number of amides is 1. The molecule has 21 heavy (non-hydrogen) atoms. The maximum Gasteiger partial charge on any atom is 0.276 e. The molecule has 9 heteroatoms. The second-order valence-electron chi connectivity index (χ2n) is 3.94. The van der Waals surface area contributed by atoms with Crippen molar-refractivity contribution < 1.29 is 9.21 Å². The van der Waals surface area contributed by atoms with Gasteiger partial charge in [-0.05, 0) is 18.2 Å². The summed E-state index contributed by atoms with van der Waals surface area (Å²) < 4.78 is 5.21. The average molecular weight is 347 g/mol. The Bertz CT molecular complexity index is 635. The van der Waals surface area contributed by atoms with Gasteiger partial charge in [0.15, 0.2) is 0 Å². The van der Waals surface area contributed by atoms with Gasteiger partial charge in [-0.15, -0.1) is 10.2 Å². The first-order valence-electron chi connectivity index (χ1n) is 5.98. The standard InChI is InChI=1S/C12H12Cl2N4O2S/c13-7-1-2-8(14)9(5-7)16-10(19)3-4-21-12-18-17-11(6-15)20-12/h1-2,5H,3-4,6,15H2,(H,16,19). The van der Waals surface area contributed by atoms with Gasteiger partial charge in [-0.25, -0.2) is 0 Å². The predicted octanol–water partition coefficient (Wildman–Crippen LogP) is 2.96. The monoisotopic (exact) mass is 346 g/mol. The number of benzene rings is 1. The highest BCUT2D eigenvalue weighted by molar-refractivity contribution is 7.99. The van der Waals surface area contributed by atoms with Crippen LogP contribution in [0.3, 0.4) is 0 Å². The Balaban J connectivity index is 1.80. The van der Waals surface area contributed by atoms with E-state index in [1.807, 2.05) is 0 Å². The van der Waals surface area contributed by atoms with Gasteiger partial charge in [0.2, 0.25) is 11.8 Å². The SMILES string of the molecule is NCc1nnc(SCCC(=O)Nc2cc(Cl)ccc2Cl)o1. The molecule has 0 radical (unpaired) electrons. The van der Waals surface area contributed by atoms with Crippen LogP contribution in [0.25, 0.3) is 0 Å².